The maximum atomic E-state index is 12.8. The molecule has 140 valence electrons. The van der Waals surface area contributed by atoms with Gasteiger partial charge in [0.05, 0.1) is 17.9 Å². The lowest BCUT2D eigenvalue weighted by molar-refractivity contribution is -0.159. The number of benzene rings is 1. The van der Waals surface area contributed by atoms with Crippen molar-refractivity contribution in [1.29, 1.82) is 0 Å². The molecule has 3 rings (SSSR count). The van der Waals surface area contributed by atoms with Gasteiger partial charge in [0, 0.05) is 37.0 Å². The molecule has 0 radical (unpaired) electrons. The van der Waals surface area contributed by atoms with Crippen LogP contribution in [0.25, 0.3) is 10.9 Å². The van der Waals surface area contributed by atoms with Gasteiger partial charge in [-0.25, -0.2) is 4.79 Å². The van der Waals surface area contributed by atoms with Crippen molar-refractivity contribution in [2.24, 2.45) is 0 Å². The Hall–Kier alpha value is -2.05. The number of pyridine rings is 1. The summed E-state index contributed by atoms with van der Waals surface area (Å²) in [6.07, 6.45) is 0.331. The minimum absolute atomic E-state index is 0.294. The normalized spacial score (nSPS) is 21.8. The minimum Gasteiger partial charge on any atom is -0.480 e. The second-order valence-electron chi connectivity index (χ2n) is 7.78. The first kappa shape index (κ1) is 18.7. The lowest BCUT2D eigenvalue weighted by Gasteiger charge is -2.50. The number of alkyl halides is 1. The zero-order valence-electron chi connectivity index (χ0n) is 15.6. The van der Waals surface area contributed by atoms with Crippen LogP contribution in [0.15, 0.2) is 30.3 Å². The lowest BCUT2D eigenvalue weighted by atomic mass is 9.85. The van der Waals surface area contributed by atoms with Gasteiger partial charge >= 0.3 is 5.97 Å². The van der Waals surface area contributed by atoms with Crippen LogP contribution in [-0.2, 0) is 16.8 Å². The maximum absolute atomic E-state index is 12.8. The molecule has 2 N–H and O–H groups in total. The number of halogens is 1. The second-order valence-corrected chi connectivity index (χ2v) is 7.78. The molecule has 1 aliphatic rings. The van der Waals surface area contributed by atoms with E-state index in [0.717, 1.165) is 17.5 Å². The van der Waals surface area contributed by atoms with Gasteiger partial charge in [-0.2, -0.15) is 0 Å². The van der Waals surface area contributed by atoms with Crippen LogP contribution < -0.4 is 5.32 Å². The number of hydrogen-bond acceptors (Lipinski definition) is 4. The summed E-state index contributed by atoms with van der Waals surface area (Å²) >= 11 is 0. The number of carboxylic acids is 1. The van der Waals surface area contributed by atoms with Crippen LogP contribution in [0.3, 0.4) is 0 Å². The van der Waals surface area contributed by atoms with Crippen LogP contribution in [0.5, 0.6) is 0 Å². The molecule has 2 aromatic rings. The van der Waals surface area contributed by atoms with Crippen molar-refractivity contribution in [3.8, 4) is 0 Å². The van der Waals surface area contributed by atoms with Crippen molar-refractivity contribution in [3.05, 3.63) is 41.6 Å². The van der Waals surface area contributed by atoms with E-state index in [1.807, 2.05) is 49.9 Å². The fourth-order valence-electron chi connectivity index (χ4n) is 3.95. The van der Waals surface area contributed by atoms with Crippen LogP contribution in [0.2, 0.25) is 0 Å². The predicted molar refractivity (Wildman–Crippen MR) is 100 cm³/mol. The number of carbonyl (C=O) groups is 1. The number of rotatable bonds is 4. The molecule has 0 aliphatic carbocycles. The number of nitrogens with zero attached hydrogens (tertiary/aromatic N) is 2. The third kappa shape index (κ3) is 3.08. The summed E-state index contributed by atoms with van der Waals surface area (Å²) in [5.74, 6) is -0.911. The largest absolute Gasteiger partial charge is 0.480 e. The SMILES string of the molecule is CC(C)(C)N1CCNCC1(C(=O)O)c1ccc2c(CCF)cccc2n1. The van der Waals surface area contributed by atoms with E-state index in [-0.39, 0.29) is 5.54 Å². The average Bonchev–Trinajstić information content (AvgIpc) is 2.60. The highest BCUT2D eigenvalue weighted by atomic mass is 19.1. The fourth-order valence-corrected chi connectivity index (χ4v) is 3.95. The van der Waals surface area contributed by atoms with E-state index in [9.17, 15) is 14.3 Å². The summed E-state index contributed by atoms with van der Waals surface area (Å²) in [7, 11) is 0. The molecule has 1 aromatic heterocycles. The first-order valence-electron chi connectivity index (χ1n) is 8.97. The van der Waals surface area contributed by atoms with Crippen molar-refractivity contribution in [1.82, 2.24) is 15.2 Å². The van der Waals surface area contributed by atoms with Gasteiger partial charge in [0.1, 0.15) is 0 Å². The zero-order valence-corrected chi connectivity index (χ0v) is 15.6. The summed E-state index contributed by atoms with van der Waals surface area (Å²) in [5.41, 5.74) is 0.543. The molecule has 6 heteroatoms. The Kier molecular flexibility index (Phi) is 4.99. The van der Waals surface area contributed by atoms with Gasteiger partial charge in [-0.15, -0.1) is 0 Å². The van der Waals surface area contributed by atoms with E-state index in [0.29, 0.717) is 30.7 Å². The van der Waals surface area contributed by atoms with Crippen LogP contribution in [0.4, 0.5) is 4.39 Å². The molecule has 1 atom stereocenters. The highest BCUT2D eigenvalue weighted by Gasteiger charge is 2.52. The Balaban J connectivity index is 2.18. The Morgan fingerprint density at radius 3 is 2.77 bits per heavy atom. The highest BCUT2D eigenvalue weighted by Crippen LogP contribution is 2.36. The smallest absolute Gasteiger partial charge is 0.331 e. The molecule has 1 saturated heterocycles. The van der Waals surface area contributed by atoms with Gasteiger partial charge in [0.2, 0.25) is 0 Å². The molecule has 1 aliphatic heterocycles. The first-order chi connectivity index (χ1) is 12.3. The van der Waals surface area contributed by atoms with Crippen molar-refractivity contribution in [2.75, 3.05) is 26.3 Å². The minimum atomic E-state index is -1.24. The number of aliphatic carboxylic acids is 1. The van der Waals surface area contributed by atoms with E-state index < -0.39 is 18.2 Å². The number of carboxylic acid groups (broad SMARTS) is 1. The Bertz CT molecular complexity index is 818. The molecule has 0 bridgehead atoms. The van der Waals surface area contributed by atoms with Crippen molar-refractivity contribution in [2.45, 2.75) is 38.3 Å². The average molecular weight is 359 g/mol. The zero-order chi connectivity index (χ0) is 18.9. The van der Waals surface area contributed by atoms with E-state index in [4.69, 9.17) is 4.98 Å². The molecule has 0 saturated carbocycles. The summed E-state index contributed by atoms with van der Waals surface area (Å²) in [6, 6.07) is 9.25. The summed E-state index contributed by atoms with van der Waals surface area (Å²) < 4.78 is 12.8. The maximum Gasteiger partial charge on any atom is 0.331 e. The molecule has 1 aromatic carbocycles. The van der Waals surface area contributed by atoms with Crippen molar-refractivity contribution < 1.29 is 14.3 Å². The molecule has 5 nitrogen and oxygen atoms in total. The fraction of sp³-hybridized carbons (Fsp3) is 0.500. The molecule has 26 heavy (non-hydrogen) atoms. The molecule has 1 fully saturated rings. The van der Waals surface area contributed by atoms with E-state index in [2.05, 4.69) is 5.32 Å². The molecular formula is C20H26FN3O2. The Morgan fingerprint density at radius 2 is 2.12 bits per heavy atom. The van der Waals surface area contributed by atoms with Gasteiger partial charge in [-0.05, 0) is 38.5 Å². The number of aryl methyl sites for hydroxylation is 1. The summed E-state index contributed by atoms with van der Waals surface area (Å²) in [4.78, 5) is 19.2. The molecular weight excluding hydrogens is 333 g/mol. The van der Waals surface area contributed by atoms with Gasteiger partial charge < -0.3 is 10.4 Å². The Labute approximate surface area is 153 Å². The second kappa shape index (κ2) is 6.93. The number of hydrogen-bond donors (Lipinski definition) is 2. The van der Waals surface area contributed by atoms with E-state index in [1.54, 1.807) is 6.07 Å². The molecule has 2 heterocycles. The standard InChI is InChI=1S/C20H26FN3O2/c1-19(2,3)24-12-11-22-13-20(24,18(25)26)17-8-7-15-14(9-10-21)5-4-6-16(15)23-17/h4-8,22H,9-13H2,1-3H3,(H,25,26). The van der Waals surface area contributed by atoms with Gasteiger partial charge in [-0.3, -0.25) is 14.3 Å². The monoisotopic (exact) mass is 359 g/mol. The van der Waals surface area contributed by atoms with E-state index >= 15 is 0 Å². The molecule has 0 amide bonds. The molecule has 0 spiro atoms. The lowest BCUT2D eigenvalue weighted by Crippen LogP contribution is -2.68. The highest BCUT2D eigenvalue weighted by molar-refractivity contribution is 5.85. The van der Waals surface area contributed by atoms with Crippen molar-refractivity contribution >= 4 is 16.9 Å². The van der Waals surface area contributed by atoms with Crippen LogP contribution in [0, 0.1) is 0 Å². The van der Waals surface area contributed by atoms with Crippen LogP contribution in [0.1, 0.15) is 32.0 Å². The van der Waals surface area contributed by atoms with Crippen LogP contribution in [-0.4, -0.2) is 52.8 Å². The topological polar surface area (TPSA) is 65.5 Å². The van der Waals surface area contributed by atoms with Crippen molar-refractivity contribution in [3.63, 3.8) is 0 Å². The number of fused-ring (bicyclic) bond motifs is 1. The third-order valence-corrected chi connectivity index (χ3v) is 5.13. The molecule has 1 unspecified atom stereocenters. The Morgan fingerprint density at radius 1 is 1.35 bits per heavy atom. The first-order valence-corrected chi connectivity index (χ1v) is 8.97. The number of piperazine rings is 1. The quantitative estimate of drug-likeness (QED) is 0.879. The van der Waals surface area contributed by atoms with Crippen LogP contribution >= 0.6 is 0 Å². The number of nitrogens with one attached hydrogen (secondary N) is 1. The number of aromatic nitrogens is 1. The predicted octanol–water partition coefficient (Wildman–Crippen LogP) is 2.73. The van der Waals surface area contributed by atoms with E-state index in [1.165, 1.54) is 0 Å². The third-order valence-electron chi connectivity index (χ3n) is 5.13. The van der Waals surface area contributed by atoms with Gasteiger partial charge in [-0.1, -0.05) is 18.2 Å². The summed E-state index contributed by atoms with van der Waals surface area (Å²) in [5, 5.41) is 14.3. The van der Waals surface area contributed by atoms with Gasteiger partial charge in [0.25, 0.3) is 0 Å². The van der Waals surface area contributed by atoms with Gasteiger partial charge in [0.15, 0.2) is 5.54 Å². The summed E-state index contributed by atoms with van der Waals surface area (Å²) in [6.45, 7) is 7.30.